The van der Waals surface area contributed by atoms with Crippen LogP contribution in [-0.4, -0.2) is 38.1 Å². The average molecular weight is 276 g/mol. The molecule has 1 N–H and O–H groups in total. The third-order valence-electron chi connectivity index (χ3n) is 4.19. The molecule has 1 fully saturated rings. The summed E-state index contributed by atoms with van der Waals surface area (Å²) in [5.74, 6) is 1.52. The van der Waals surface area contributed by atoms with Crippen molar-refractivity contribution < 1.29 is 9.53 Å². The van der Waals surface area contributed by atoms with Gasteiger partial charge in [0.2, 0.25) is 5.91 Å². The fourth-order valence-corrected chi connectivity index (χ4v) is 2.72. The van der Waals surface area contributed by atoms with Crippen LogP contribution in [0.5, 0.6) is 5.75 Å². The monoisotopic (exact) mass is 276 g/mol. The molecule has 0 saturated carbocycles. The van der Waals surface area contributed by atoms with Crippen molar-refractivity contribution in [2.45, 2.75) is 25.8 Å². The fourth-order valence-electron chi connectivity index (χ4n) is 2.72. The lowest BCUT2D eigenvalue weighted by atomic mass is 10.0. The van der Waals surface area contributed by atoms with Crippen LogP contribution in [0.3, 0.4) is 0 Å². The Labute approximate surface area is 121 Å². The molecule has 1 amide bonds. The number of ether oxygens (including phenoxy) is 1. The predicted molar refractivity (Wildman–Crippen MR) is 79.8 cm³/mol. The molecule has 2 rings (SSSR count). The van der Waals surface area contributed by atoms with E-state index in [2.05, 4.69) is 5.32 Å². The maximum atomic E-state index is 12.4. The Morgan fingerprint density at radius 2 is 2.25 bits per heavy atom. The van der Waals surface area contributed by atoms with Gasteiger partial charge in [-0.3, -0.25) is 4.79 Å². The van der Waals surface area contributed by atoms with Gasteiger partial charge >= 0.3 is 0 Å². The topological polar surface area (TPSA) is 41.6 Å². The molecular formula is C16H24N2O2. The molecule has 0 aromatic heterocycles. The minimum absolute atomic E-state index is 0.0213. The van der Waals surface area contributed by atoms with Crippen LogP contribution in [0.15, 0.2) is 24.3 Å². The Morgan fingerprint density at radius 1 is 1.50 bits per heavy atom. The van der Waals surface area contributed by atoms with Crippen molar-refractivity contribution in [1.29, 1.82) is 0 Å². The summed E-state index contributed by atoms with van der Waals surface area (Å²) in [5.41, 5.74) is 1.05. The maximum Gasteiger partial charge on any atom is 0.223 e. The number of carbonyl (C=O) groups is 1. The number of nitrogens with one attached hydrogen (secondary N) is 1. The minimum atomic E-state index is 0.0213. The first kappa shape index (κ1) is 14.9. The Balaban J connectivity index is 2.03. The van der Waals surface area contributed by atoms with Gasteiger partial charge in [-0.1, -0.05) is 18.2 Å². The molecule has 0 spiro atoms. The number of carbonyl (C=O) groups excluding carboxylic acids is 1. The number of nitrogens with zero attached hydrogens (tertiary/aromatic N) is 1. The van der Waals surface area contributed by atoms with Gasteiger partial charge in [0.15, 0.2) is 0 Å². The van der Waals surface area contributed by atoms with E-state index in [4.69, 9.17) is 4.74 Å². The molecule has 1 aliphatic heterocycles. The van der Waals surface area contributed by atoms with Crippen LogP contribution < -0.4 is 10.1 Å². The van der Waals surface area contributed by atoms with Crippen LogP contribution >= 0.6 is 0 Å². The van der Waals surface area contributed by atoms with E-state index >= 15 is 0 Å². The highest BCUT2D eigenvalue weighted by Gasteiger charge is 2.24. The number of para-hydroxylation sites is 1. The standard InChI is InChI=1S/C16H24N2O2/c1-12(14-6-4-5-7-15(14)20-3)18(2)16(19)10-13-8-9-17-11-13/h4-7,12-13,17H,8-11H2,1-3H3/t12-,13+/m0/s1. The number of amides is 1. The van der Waals surface area contributed by atoms with E-state index in [1.54, 1.807) is 7.11 Å². The summed E-state index contributed by atoms with van der Waals surface area (Å²) in [6.45, 7) is 4.04. The van der Waals surface area contributed by atoms with Crippen molar-refractivity contribution in [1.82, 2.24) is 10.2 Å². The molecule has 1 aliphatic rings. The summed E-state index contributed by atoms with van der Waals surface area (Å²) < 4.78 is 5.38. The van der Waals surface area contributed by atoms with Crippen molar-refractivity contribution in [3.8, 4) is 5.75 Å². The number of hydrogen-bond acceptors (Lipinski definition) is 3. The average Bonchev–Trinajstić information content (AvgIpc) is 2.98. The molecular weight excluding hydrogens is 252 g/mol. The van der Waals surface area contributed by atoms with E-state index in [1.807, 2.05) is 43.1 Å². The number of benzene rings is 1. The zero-order valence-corrected chi connectivity index (χ0v) is 12.6. The van der Waals surface area contributed by atoms with E-state index in [1.165, 1.54) is 0 Å². The third-order valence-corrected chi connectivity index (χ3v) is 4.19. The van der Waals surface area contributed by atoms with Crippen LogP contribution in [0.2, 0.25) is 0 Å². The molecule has 2 atom stereocenters. The van der Waals surface area contributed by atoms with Gasteiger partial charge in [-0.25, -0.2) is 0 Å². The number of rotatable bonds is 5. The molecule has 110 valence electrons. The number of methoxy groups -OCH3 is 1. The molecule has 1 saturated heterocycles. The summed E-state index contributed by atoms with van der Waals surface area (Å²) in [7, 11) is 3.54. The van der Waals surface area contributed by atoms with E-state index in [9.17, 15) is 4.79 Å². The maximum absolute atomic E-state index is 12.4. The van der Waals surface area contributed by atoms with Crippen molar-refractivity contribution >= 4 is 5.91 Å². The lowest BCUT2D eigenvalue weighted by molar-refractivity contribution is -0.132. The highest BCUT2D eigenvalue weighted by Crippen LogP contribution is 2.29. The van der Waals surface area contributed by atoms with Crippen molar-refractivity contribution in [3.05, 3.63) is 29.8 Å². The summed E-state index contributed by atoms with van der Waals surface area (Å²) in [4.78, 5) is 14.2. The highest BCUT2D eigenvalue weighted by atomic mass is 16.5. The molecule has 4 nitrogen and oxygen atoms in total. The smallest absolute Gasteiger partial charge is 0.223 e. The zero-order valence-electron chi connectivity index (χ0n) is 12.6. The van der Waals surface area contributed by atoms with Gasteiger partial charge in [-0.2, -0.15) is 0 Å². The summed E-state index contributed by atoms with van der Waals surface area (Å²) in [5, 5.41) is 3.31. The van der Waals surface area contributed by atoms with E-state index in [0.717, 1.165) is 30.8 Å². The van der Waals surface area contributed by atoms with Gasteiger partial charge in [0, 0.05) is 19.0 Å². The SMILES string of the molecule is COc1ccccc1[C@H](C)N(C)C(=O)C[C@H]1CCNC1. The highest BCUT2D eigenvalue weighted by molar-refractivity contribution is 5.76. The van der Waals surface area contributed by atoms with E-state index < -0.39 is 0 Å². The first-order chi connectivity index (χ1) is 9.63. The van der Waals surface area contributed by atoms with Crippen LogP contribution in [0.1, 0.15) is 31.4 Å². The molecule has 4 heteroatoms. The zero-order chi connectivity index (χ0) is 14.5. The normalized spacial score (nSPS) is 19.6. The second-order valence-electron chi connectivity index (χ2n) is 5.49. The first-order valence-electron chi connectivity index (χ1n) is 7.22. The van der Waals surface area contributed by atoms with Gasteiger partial charge in [0.25, 0.3) is 0 Å². The molecule has 1 aromatic carbocycles. The van der Waals surface area contributed by atoms with Crippen LogP contribution in [0, 0.1) is 5.92 Å². The second-order valence-corrected chi connectivity index (χ2v) is 5.49. The number of hydrogen-bond donors (Lipinski definition) is 1. The van der Waals surface area contributed by atoms with E-state index in [-0.39, 0.29) is 11.9 Å². The molecule has 0 radical (unpaired) electrons. The van der Waals surface area contributed by atoms with Crippen molar-refractivity contribution in [3.63, 3.8) is 0 Å². The van der Waals surface area contributed by atoms with Crippen LogP contribution in [-0.2, 0) is 4.79 Å². The molecule has 20 heavy (non-hydrogen) atoms. The Morgan fingerprint density at radius 3 is 2.90 bits per heavy atom. The van der Waals surface area contributed by atoms with Gasteiger partial charge in [0.05, 0.1) is 13.2 Å². The Bertz CT molecular complexity index is 456. The van der Waals surface area contributed by atoms with Gasteiger partial charge in [-0.15, -0.1) is 0 Å². The van der Waals surface area contributed by atoms with Crippen LogP contribution in [0.4, 0.5) is 0 Å². The molecule has 0 aliphatic carbocycles. The van der Waals surface area contributed by atoms with Gasteiger partial charge < -0.3 is 15.0 Å². The summed E-state index contributed by atoms with van der Waals surface area (Å²) in [6.07, 6.45) is 1.73. The van der Waals surface area contributed by atoms with E-state index in [0.29, 0.717) is 12.3 Å². The van der Waals surface area contributed by atoms with Gasteiger partial charge in [0.1, 0.15) is 5.75 Å². The largest absolute Gasteiger partial charge is 0.496 e. The first-order valence-corrected chi connectivity index (χ1v) is 7.22. The van der Waals surface area contributed by atoms with Crippen LogP contribution in [0.25, 0.3) is 0 Å². The predicted octanol–water partition coefficient (Wildman–Crippen LogP) is 2.21. The fraction of sp³-hybridized carbons (Fsp3) is 0.562. The summed E-state index contributed by atoms with van der Waals surface area (Å²) >= 11 is 0. The lowest BCUT2D eigenvalue weighted by Crippen LogP contribution is -2.31. The molecule has 0 bridgehead atoms. The second kappa shape index (κ2) is 6.75. The lowest BCUT2D eigenvalue weighted by Gasteiger charge is -2.27. The third kappa shape index (κ3) is 3.31. The van der Waals surface area contributed by atoms with Crippen molar-refractivity contribution in [2.24, 2.45) is 5.92 Å². The van der Waals surface area contributed by atoms with Gasteiger partial charge in [-0.05, 0) is 38.4 Å². The Hall–Kier alpha value is -1.55. The Kier molecular flexibility index (Phi) is 5.01. The molecule has 0 unspecified atom stereocenters. The summed E-state index contributed by atoms with van der Waals surface area (Å²) in [6, 6.07) is 7.90. The van der Waals surface area contributed by atoms with Crippen molar-refractivity contribution in [2.75, 3.05) is 27.2 Å². The quantitative estimate of drug-likeness (QED) is 0.896. The minimum Gasteiger partial charge on any atom is -0.496 e. The molecule has 1 heterocycles. The molecule has 1 aromatic rings.